The van der Waals surface area contributed by atoms with Crippen LogP contribution < -0.4 is 0 Å². The van der Waals surface area contributed by atoms with E-state index in [4.69, 9.17) is 0 Å². The first-order valence-electron chi connectivity index (χ1n) is 2.81. The zero-order valence-electron chi connectivity index (χ0n) is 5.76. The molecule has 0 saturated carbocycles. The van der Waals surface area contributed by atoms with E-state index in [9.17, 15) is 4.79 Å². The lowest BCUT2D eigenvalue weighted by molar-refractivity contribution is 0.111. The highest BCUT2D eigenvalue weighted by atomic mass is 127. The van der Waals surface area contributed by atoms with Crippen molar-refractivity contribution in [3.63, 3.8) is 0 Å². The highest BCUT2D eigenvalue weighted by Crippen LogP contribution is 2.09. The van der Waals surface area contributed by atoms with Crippen molar-refractivity contribution >= 4 is 28.9 Å². The first kappa shape index (κ1) is 7.71. The molecule has 0 radical (unpaired) electrons. The van der Waals surface area contributed by atoms with Crippen LogP contribution in [0.5, 0.6) is 0 Å². The summed E-state index contributed by atoms with van der Waals surface area (Å²) in [6.45, 7) is 1.93. The molecule has 0 spiro atoms. The minimum absolute atomic E-state index is 0.488. The number of halogens is 1. The number of aromatic nitrogens is 2. The number of hydrogen-bond acceptors (Lipinski definition) is 2. The van der Waals surface area contributed by atoms with Crippen LogP contribution in [0.25, 0.3) is 0 Å². The molecule has 0 bridgehead atoms. The molecular formula is C6H7IN2O. The van der Waals surface area contributed by atoms with Crippen LogP contribution in [-0.2, 0) is 7.05 Å². The van der Waals surface area contributed by atoms with Gasteiger partial charge in [0.15, 0.2) is 12.1 Å². The van der Waals surface area contributed by atoms with Gasteiger partial charge in [-0.05, 0) is 29.5 Å². The quantitative estimate of drug-likeness (QED) is 0.553. The first-order chi connectivity index (χ1) is 4.66. The Hall–Kier alpha value is -0.390. The van der Waals surface area contributed by atoms with E-state index in [-0.39, 0.29) is 0 Å². The molecular weight excluding hydrogens is 243 g/mol. The number of nitrogens with zero attached hydrogens (tertiary/aromatic N) is 2. The topological polar surface area (TPSA) is 34.9 Å². The monoisotopic (exact) mass is 250 g/mol. The van der Waals surface area contributed by atoms with Crippen molar-refractivity contribution in [2.75, 3.05) is 0 Å². The fourth-order valence-corrected chi connectivity index (χ4v) is 1.28. The molecule has 0 amide bonds. The second-order valence-electron chi connectivity index (χ2n) is 2.02. The van der Waals surface area contributed by atoms with Crippen LogP contribution in [0.2, 0.25) is 0 Å². The number of carbonyl (C=O) groups is 1. The fraction of sp³-hybridized carbons (Fsp3) is 0.333. The highest BCUT2D eigenvalue weighted by Gasteiger charge is 2.05. The molecule has 54 valence electrons. The lowest BCUT2D eigenvalue weighted by Crippen LogP contribution is -1.96. The van der Waals surface area contributed by atoms with Crippen LogP contribution in [0.15, 0.2) is 0 Å². The number of carbonyl (C=O) groups excluding carboxylic acids is 1. The third-order valence-electron chi connectivity index (χ3n) is 1.46. The molecule has 0 aliphatic carbocycles. The molecule has 10 heavy (non-hydrogen) atoms. The minimum Gasteiger partial charge on any atom is -0.328 e. The Kier molecular flexibility index (Phi) is 2.08. The smallest absolute Gasteiger partial charge is 0.185 e. The number of hydrogen-bond donors (Lipinski definition) is 0. The van der Waals surface area contributed by atoms with Crippen LogP contribution in [0, 0.1) is 10.6 Å². The second-order valence-corrected chi connectivity index (χ2v) is 3.04. The minimum atomic E-state index is 0.488. The fourth-order valence-electron chi connectivity index (χ4n) is 0.672. The van der Waals surface area contributed by atoms with Gasteiger partial charge < -0.3 is 4.57 Å². The van der Waals surface area contributed by atoms with E-state index < -0.39 is 0 Å². The van der Waals surface area contributed by atoms with Crippen molar-refractivity contribution in [2.45, 2.75) is 6.92 Å². The van der Waals surface area contributed by atoms with Gasteiger partial charge in [-0.1, -0.05) is 0 Å². The Morgan fingerprint density at radius 1 is 1.70 bits per heavy atom. The summed E-state index contributed by atoms with van der Waals surface area (Å²) in [6, 6.07) is 0. The molecule has 0 atom stereocenters. The summed E-state index contributed by atoms with van der Waals surface area (Å²) in [4.78, 5) is 14.3. The van der Waals surface area contributed by atoms with Crippen LogP contribution in [0.4, 0.5) is 0 Å². The van der Waals surface area contributed by atoms with Gasteiger partial charge in [-0.2, -0.15) is 0 Å². The van der Waals surface area contributed by atoms with Crippen molar-refractivity contribution in [3.05, 3.63) is 15.2 Å². The highest BCUT2D eigenvalue weighted by molar-refractivity contribution is 14.1. The van der Waals surface area contributed by atoms with Crippen molar-refractivity contribution in [1.82, 2.24) is 9.55 Å². The van der Waals surface area contributed by atoms with Crippen LogP contribution in [0.1, 0.15) is 16.3 Å². The molecule has 0 fully saturated rings. The predicted molar refractivity (Wildman–Crippen MR) is 46.0 cm³/mol. The van der Waals surface area contributed by atoms with Crippen molar-refractivity contribution in [1.29, 1.82) is 0 Å². The van der Waals surface area contributed by atoms with Gasteiger partial charge in [-0.25, -0.2) is 4.98 Å². The Bertz CT molecular complexity index is 267. The summed E-state index contributed by atoms with van der Waals surface area (Å²) in [5, 5.41) is 0. The molecule has 3 nitrogen and oxygen atoms in total. The van der Waals surface area contributed by atoms with Gasteiger partial charge in [0.25, 0.3) is 0 Å². The Labute approximate surface area is 72.6 Å². The molecule has 4 heteroatoms. The van der Waals surface area contributed by atoms with E-state index >= 15 is 0 Å². The zero-order valence-corrected chi connectivity index (χ0v) is 7.92. The van der Waals surface area contributed by atoms with E-state index in [1.165, 1.54) is 0 Å². The Morgan fingerprint density at radius 2 is 2.30 bits per heavy atom. The van der Waals surface area contributed by atoms with Gasteiger partial charge >= 0.3 is 0 Å². The molecule has 0 aliphatic rings. The van der Waals surface area contributed by atoms with E-state index in [0.717, 1.165) is 15.7 Å². The number of aldehydes is 1. The molecule has 0 aromatic carbocycles. The summed E-state index contributed by atoms with van der Waals surface area (Å²) < 4.78 is 2.66. The molecule has 0 aliphatic heterocycles. The third-order valence-corrected chi connectivity index (χ3v) is 2.49. The molecule has 0 saturated heterocycles. The predicted octanol–water partition coefficient (Wildman–Crippen LogP) is 1.15. The summed E-state index contributed by atoms with van der Waals surface area (Å²) in [7, 11) is 1.83. The van der Waals surface area contributed by atoms with Gasteiger partial charge in [0.2, 0.25) is 0 Å². The third kappa shape index (κ3) is 1.07. The van der Waals surface area contributed by atoms with Gasteiger partial charge in [-0.3, -0.25) is 4.79 Å². The number of rotatable bonds is 1. The maximum Gasteiger partial charge on any atom is 0.185 e. The second kappa shape index (κ2) is 2.69. The molecule has 1 aromatic heterocycles. The summed E-state index contributed by atoms with van der Waals surface area (Å²) >= 11 is 2.10. The maximum atomic E-state index is 10.3. The summed E-state index contributed by atoms with van der Waals surface area (Å²) in [6.07, 6.45) is 0.759. The number of imidazole rings is 1. The largest absolute Gasteiger partial charge is 0.328 e. The standard InChI is InChI=1S/C6H7IN2O/c1-4-6(7)8-5(3-10)9(4)2/h3H,1-2H3. The van der Waals surface area contributed by atoms with Gasteiger partial charge in [0.1, 0.15) is 3.70 Å². The molecule has 0 unspecified atom stereocenters. The first-order valence-corrected chi connectivity index (χ1v) is 3.88. The molecule has 1 heterocycles. The van der Waals surface area contributed by atoms with Crippen LogP contribution in [0.3, 0.4) is 0 Å². The average Bonchev–Trinajstić information content (AvgIpc) is 2.17. The SMILES string of the molecule is Cc1c(I)nc(C=O)n1C. The lowest BCUT2D eigenvalue weighted by Gasteiger charge is -1.93. The van der Waals surface area contributed by atoms with Crippen LogP contribution >= 0.6 is 22.6 Å². The summed E-state index contributed by atoms with van der Waals surface area (Å²) in [5.41, 5.74) is 1.03. The van der Waals surface area contributed by atoms with Gasteiger partial charge in [0.05, 0.1) is 0 Å². The van der Waals surface area contributed by atoms with E-state index in [0.29, 0.717) is 5.82 Å². The van der Waals surface area contributed by atoms with Crippen molar-refractivity contribution in [2.24, 2.45) is 7.05 Å². The Balaban J connectivity index is 3.30. The van der Waals surface area contributed by atoms with Gasteiger partial charge in [0, 0.05) is 12.7 Å². The maximum absolute atomic E-state index is 10.3. The zero-order chi connectivity index (χ0) is 7.72. The average molecular weight is 250 g/mol. The molecule has 1 aromatic rings. The van der Waals surface area contributed by atoms with Crippen molar-refractivity contribution in [3.8, 4) is 0 Å². The summed E-state index contributed by atoms with van der Waals surface area (Å²) in [5.74, 6) is 0.488. The lowest BCUT2D eigenvalue weighted by atomic mass is 10.5. The molecule has 1 rings (SSSR count). The Morgan fingerprint density at radius 3 is 2.50 bits per heavy atom. The van der Waals surface area contributed by atoms with E-state index in [1.54, 1.807) is 4.57 Å². The van der Waals surface area contributed by atoms with E-state index in [2.05, 4.69) is 27.6 Å². The van der Waals surface area contributed by atoms with Crippen LogP contribution in [-0.4, -0.2) is 15.8 Å². The van der Waals surface area contributed by atoms with Gasteiger partial charge in [-0.15, -0.1) is 0 Å². The van der Waals surface area contributed by atoms with Crippen molar-refractivity contribution < 1.29 is 4.79 Å². The molecule has 0 N–H and O–H groups in total. The normalized spacial score (nSPS) is 9.90. The van der Waals surface area contributed by atoms with E-state index in [1.807, 2.05) is 14.0 Å².